The average molecular weight is 675 g/mol. The van der Waals surface area contributed by atoms with E-state index in [0.29, 0.717) is 22.9 Å². The number of imide groups is 2. The lowest BCUT2D eigenvalue weighted by atomic mass is 9.89. The highest BCUT2D eigenvalue weighted by Crippen LogP contribution is 2.34. The zero-order chi connectivity index (χ0) is 34.2. The molecule has 15 nitrogen and oxygen atoms in total. The molecule has 4 N–H and O–H groups in total. The summed E-state index contributed by atoms with van der Waals surface area (Å²) >= 11 is 0. The molecule has 1 unspecified atom stereocenters. The fraction of sp³-hybridized carbons (Fsp3) is 0.200. The van der Waals surface area contributed by atoms with Crippen LogP contribution in [0.4, 0.5) is 11.4 Å². The molecule has 1 saturated heterocycles. The largest absolute Gasteiger partial charge is 0.490 e. The van der Waals surface area contributed by atoms with Gasteiger partial charge in [0, 0.05) is 43.4 Å². The van der Waals surface area contributed by atoms with Crippen molar-refractivity contribution < 1.29 is 33.4 Å². The molecular weight excluding hydrogens is 644 g/mol. The summed E-state index contributed by atoms with van der Waals surface area (Å²) < 4.78 is 17.9. The lowest BCUT2D eigenvalue weighted by Crippen LogP contribution is -2.54. The number of ether oxygens (including phenoxy) is 3. The van der Waals surface area contributed by atoms with Gasteiger partial charge >= 0.3 is 6.01 Å². The van der Waals surface area contributed by atoms with Crippen molar-refractivity contribution in [1.82, 2.24) is 31.0 Å². The van der Waals surface area contributed by atoms with E-state index in [1.54, 1.807) is 72.4 Å². The smallest absolute Gasteiger partial charge is 0.322 e. The van der Waals surface area contributed by atoms with Gasteiger partial charge in [-0.25, -0.2) is 9.97 Å². The molecule has 4 amide bonds. The van der Waals surface area contributed by atoms with Crippen molar-refractivity contribution in [1.29, 1.82) is 0 Å². The van der Waals surface area contributed by atoms with Crippen LogP contribution in [0.5, 0.6) is 29.0 Å². The number of hydrazine groups is 2. The van der Waals surface area contributed by atoms with Gasteiger partial charge in [-0.2, -0.15) is 5.12 Å². The van der Waals surface area contributed by atoms with Crippen molar-refractivity contribution in [2.75, 3.05) is 10.4 Å². The first-order valence-electron chi connectivity index (χ1n) is 16.0. The molecule has 0 radical (unpaired) electrons. The molecule has 4 aromatic rings. The number of nitrogens with one attached hydrogen (secondary N) is 4. The van der Waals surface area contributed by atoms with Gasteiger partial charge in [-0.3, -0.25) is 40.2 Å². The lowest BCUT2D eigenvalue weighted by molar-refractivity contribution is -0.136. The molecule has 4 aliphatic rings. The predicted molar refractivity (Wildman–Crippen MR) is 177 cm³/mol. The van der Waals surface area contributed by atoms with Crippen molar-refractivity contribution >= 4 is 35.0 Å². The van der Waals surface area contributed by atoms with Crippen LogP contribution in [0, 0.1) is 0 Å². The second-order valence-corrected chi connectivity index (χ2v) is 12.1. The molecular formula is C35H30N8O7. The molecule has 2 fully saturated rings. The average Bonchev–Trinajstić information content (AvgIpc) is 3.73. The molecule has 0 spiro atoms. The molecule has 252 valence electrons. The minimum absolute atomic E-state index is 0.0122. The van der Waals surface area contributed by atoms with Crippen LogP contribution in [0.1, 0.15) is 46.4 Å². The number of carbonyl (C=O) groups is 4. The maximum absolute atomic E-state index is 13.1. The summed E-state index contributed by atoms with van der Waals surface area (Å²) in [6, 6.07) is 18.9. The Kier molecular flexibility index (Phi) is 7.83. The van der Waals surface area contributed by atoms with Crippen molar-refractivity contribution in [2.45, 2.75) is 43.9 Å². The first-order valence-corrected chi connectivity index (χ1v) is 16.0. The van der Waals surface area contributed by atoms with E-state index >= 15 is 0 Å². The number of anilines is 2. The topological polar surface area (TPSA) is 176 Å². The van der Waals surface area contributed by atoms with E-state index in [1.165, 1.54) is 0 Å². The van der Waals surface area contributed by atoms with Crippen LogP contribution in [-0.2, 0) is 9.59 Å². The Morgan fingerprint density at radius 3 is 2.02 bits per heavy atom. The predicted octanol–water partition coefficient (Wildman–Crippen LogP) is 3.78. The van der Waals surface area contributed by atoms with Gasteiger partial charge in [-0.1, -0.05) is 0 Å². The first kappa shape index (κ1) is 30.7. The number of aromatic nitrogens is 2. The van der Waals surface area contributed by atoms with Gasteiger partial charge in [-0.05, 0) is 73.2 Å². The molecule has 1 atom stereocenters. The van der Waals surface area contributed by atoms with E-state index in [0.717, 1.165) is 29.2 Å². The van der Waals surface area contributed by atoms with Crippen LogP contribution >= 0.6 is 0 Å². The van der Waals surface area contributed by atoms with Crippen molar-refractivity contribution in [3.8, 4) is 29.0 Å². The minimum Gasteiger partial charge on any atom is -0.490 e. The zero-order valence-electron chi connectivity index (χ0n) is 26.4. The highest BCUT2D eigenvalue weighted by atomic mass is 16.5. The molecule has 8 rings (SSSR count). The Labute approximate surface area is 285 Å². The normalized spacial score (nSPS) is 20.8. The number of amides is 4. The first-order chi connectivity index (χ1) is 24.4. The number of benzene rings is 3. The SMILES string of the molecule is O=C1CCC(N2C(=O)c3ccc(NC4CC(Oc5ccc(Oc6ccc(Oc7ncc(N8NC=CN8)cn7)cc6)cc5)C4)cc3C2=O)C(=O)N1. The van der Waals surface area contributed by atoms with Crippen LogP contribution in [0.15, 0.2) is 91.5 Å². The molecule has 15 heteroatoms. The number of hydrogen-bond acceptors (Lipinski definition) is 13. The highest BCUT2D eigenvalue weighted by molar-refractivity contribution is 6.23. The van der Waals surface area contributed by atoms with Gasteiger partial charge in [0.05, 0.1) is 23.5 Å². The monoisotopic (exact) mass is 674 g/mol. The van der Waals surface area contributed by atoms with E-state index in [2.05, 4.69) is 31.5 Å². The molecule has 1 saturated carbocycles. The number of nitrogens with zero attached hydrogens (tertiary/aromatic N) is 4. The van der Waals surface area contributed by atoms with Gasteiger partial charge in [0.25, 0.3) is 11.8 Å². The Hall–Kier alpha value is -6.64. The third-order valence-corrected chi connectivity index (χ3v) is 8.66. The number of hydrogen-bond donors (Lipinski definition) is 4. The summed E-state index contributed by atoms with van der Waals surface area (Å²) in [7, 11) is 0. The Balaban J connectivity index is 0.794. The van der Waals surface area contributed by atoms with Crippen LogP contribution < -0.4 is 40.8 Å². The maximum atomic E-state index is 13.1. The van der Waals surface area contributed by atoms with E-state index in [-0.39, 0.29) is 42.1 Å². The quantitative estimate of drug-likeness (QED) is 0.179. The van der Waals surface area contributed by atoms with Crippen LogP contribution in [-0.4, -0.2) is 56.7 Å². The lowest BCUT2D eigenvalue weighted by Gasteiger charge is -2.36. The van der Waals surface area contributed by atoms with Crippen LogP contribution in [0.25, 0.3) is 0 Å². The number of carbonyl (C=O) groups excluding carboxylic acids is 4. The van der Waals surface area contributed by atoms with E-state index in [9.17, 15) is 19.2 Å². The number of rotatable bonds is 10. The summed E-state index contributed by atoms with van der Waals surface area (Å²) in [5.41, 5.74) is 7.88. The molecule has 3 aromatic carbocycles. The summed E-state index contributed by atoms with van der Waals surface area (Å²) in [6.45, 7) is 0. The Morgan fingerprint density at radius 1 is 0.740 bits per heavy atom. The second-order valence-electron chi connectivity index (χ2n) is 12.1. The zero-order valence-corrected chi connectivity index (χ0v) is 26.4. The number of fused-ring (bicyclic) bond motifs is 1. The summed E-state index contributed by atoms with van der Waals surface area (Å²) in [5.74, 6) is 0.479. The van der Waals surface area contributed by atoms with E-state index in [4.69, 9.17) is 14.2 Å². The van der Waals surface area contributed by atoms with Crippen LogP contribution in [0.2, 0.25) is 0 Å². The third kappa shape index (κ3) is 6.19. The van der Waals surface area contributed by atoms with Crippen molar-refractivity contribution in [3.05, 3.63) is 103 Å². The molecule has 0 bridgehead atoms. The molecule has 1 aliphatic carbocycles. The van der Waals surface area contributed by atoms with Gasteiger partial charge in [0.15, 0.2) is 0 Å². The van der Waals surface area contributed by atoms with Gasteiger partial charge in [-0.15, -0.1) is 0 Å². The van der Waals surface area contributed by atoms with Gasteiger partial charge < -0.3 is 19.5 Å². The fourth-order valence-electron chi connectivity index (χ4n) is 6.06. The summed E-state index contributed by atoms with van der Waals surface area (Å²) in [5, 5.41) is 7.27. The van der Waals surface area contributed by atoms with Gasteiger partial charge in [0.1, 0.15) is 40.8 Å². The van der Waals surface area contributed by atoms with E-state index in [1.807, 2.05) is 24.3 Å². The summed E-state index contributed by atoms with van der Waals surface area (Å²) in [6.07, 6.45) is 8.47. The number of piperidine rings is 1. The van der Waals surface area contributed by atoms with Crippen molar-refractivity contribution in [2.24, 2.45) is 0 Å². The minimum atomic E-state index is -0.992. The van der Waals surface area contributed by atoms with Crippen LogP contribution in [0.3, 0.4) is 0 Å². The second kappa shape index (κ2) is 12.8. The molecule has 50 heavy (non-hydrogen) atoms. The maximum Gasteiger partial charge on any atom is 0.322 e. The van der Waals surface area contributed by atoms with Crippen molar-refractivity contribution in [3.63, 3.8) is 0 Å². The standard InChI is InChI=1S/C35H30N8O7/c44-31-12-11-30(32(45)41-31)42-33(46)28-10-1-20(17-29(28)34(42)47)40-21-15-27(16-21)49-25-4-2-23(3-5-25)48-24-6-8-26(9-7-24)50-35-36-18-22(19-37-35)43-38-13-14-39-43/h1-10,13-14,17-19,21,27,30,38-40H,11-12,15-16H2,(H,41,44,45). The molecule has 1 aromatic heterocycles. The Morgan fingerprint density at radius 2 is 1.36 bits per heavy atom. The Bertz CT molecular complexity index is 1990. The molecule has 3 aliphatic heterocycles. The summed E-state index contributed by atoms with van der Waals surface area (Å²) in [4.78, 5) is 59.4. The van der Waals surface area contributed by atoms with E-state index < -0.39 is 29.7 Å². The third-order valence-electron chi connectivity index (χ3n) is 8.66. The fourth-order valence-corrected chi connectivity index (χ4v) is 6.06. The van der Waals surface area contributed by atoms with Gasteiger partial charge in [0.2, 0.25) is 11.8 Å². The molecule has 4 heterocycles. The highest BCUT2D eigenvalue weighted by Gasteiger charge is 2.44.